The van der Waals surface area contributed by atoms with Gasteiger partial charge in [0.15, 0.2) is 0 Å². The van der Waals surface area contributed by atoms with Crippen molar-refractivity contribution in [3.05, 3.63) is 29.3 Å². The number of unbranched alkanes of at least 4 members (excludes halogenated alkanes) is 3. The highest BCUT2D eigenvalue weighted by atomic mass is 14.8. The molecule has 0 bridgehead atoms. The molecule has 2 nitrogen and oxygen atoms in total. The van der Waals surface area contributed by atoms with Crippen molar-refractivity contribution in [2.75, 3.05) is 0 Å². The van der Waals surface area contributed by atoms with E-state index in [1.807, 2.05) is 6.08 Å². The van der Waals surface area contributed by atoms with Gasteiger partial charge in [-0.3, -0.25) is 0 Å². The molecule has 14 heavy (non-hydrogen) atoms. The molecule has 0 saturated carbocycles. The number of hydrogen-bond donors (Lipinski definition) is 0. The van der Waals surface area contributed by atoms with Gasteiger partial charge in [0.25, 0.3) is 5.71 Å². The Balaban J connectivity index is 2.25. The second-order valence-corrected chi connectivity index (χ2v) is 3.72. The van der Waals surface area contributed by atoms with Crippen LogP contribution in [0.5, 0.6) is 0 Å². The van der Waals surface area contributed by atoms with Crippen molar-refractivity contribution < 1.29 is 4.79 Å². The summed E-state index contributed by atoms with van der Waals surface area (Å²) in [6, 6.07) is 0. The lowest BCUT2D eigenvalue weighted by Crippen LogP contribution is -1.98. The van der Waals surface area contributed by atoms with Crippen molar-refractivity contribution in [3.8, 4) is 0 Å². The Bertz CT molecular complexity index is 281. The molecule has 0 spiro atoms. The molecule has 0 heterocycles. The third kappa shape index (κ3) is 3.71. The Kier molecular flexibility index (Phi) is 4.95. The second kappa shape index (κ2) is 6.33. The van der Waals surface area contributed by atoms with Crippen molar-refractivity contribution in [1.29, 1.82) is 0 Å². The standard InChI is InChI=1S/C12H18N2/c1-2-3-4-5-6-11-7-9-12(14-13)10-8-11/h7-9H,2-6,10H2,1H3. The molecular formula is C12H18N2. The molecule has 0 N–H and O–H groups in total. The van der Waals surface area contributed by atoms with Crippen LogP contribution in [0.1, 0.15) is 45.4 Å². The predicted molar refractivity (Wildman–Crippen MR) is 59.2 cm³/mol. The van der Waals surface area contributed by atoms with Gasteiger partial charge in [0.2, 0.25) is 0 Å². The molecule has 0 radical (unpaired) electrons. The first-order valence-electron chi connectivity index (χ1n) is 5.45. The van der Waals surface area contributed by atoms with E-state index in [1.54, 1.807) is 0 Å². The van der Waals surface area contributed by atoms with Crippen LogP contribution >= 0.6 is 0 Å². The average molecular weight is 190 g/mol. The third-order valence-electron chi connectivity index (χ3n) is 2.51. The van der Waals surface area contributed by atoms with Crippen LogP contribution in [0.3, 0.4) is 0 Å². The molecule has 0 atom stereocenters. The Labute approximate surface area is 86.0 Å². The van der Waals surface area contributed by atoms with E-state index >= 15 is 0 Å². The molecule has 0 saturated heterocycles. The van der Waals surface area contributed by atoms with E-state index in [1.165, 1.54) is 31.3 Å². The summed E-state index contributed by atoms with van der Waals surface area (Å²) in [5.41, 5.74) is 10.7. The van der Waals surface area contributed by atoms with E-state index in [0.717, 1.165) is 18.6 Å². The first kappa shape index (κ1) is 10.9. The molecule has 0 amide bonds. The smallest absolute Gasteiger partial charge is 0.295 e. The number of allylic oxidation sites excluding steroid dienone is 4. The van der Waals surface area contributed by atoms with Crippen molar-refractivity contribution in [2.45, 2.75) is 45.4 Å². The molecule has 1 aliphatic carbocycles. The van der Waals surface area contributed by atoms with Crippen molar-refractivity contribution in [3.63, 3.8) is 0 Å². The molecule has 0 fully saturated rings. The lowest BCUT2D eigenvalue weighted by atomic mass is 10.00. The lowest BCUT2D eigenvalue weighted by molar-refractivity contribution is -0.00541. The normalized spacial score (nSPS) is 15.2. The summed E-state index contributed by atoms with van der Waals surface area (Å²) < 4.78 is 0. The monoisotopic (exact) mass is 190 g/mol. The Morgan fingerprint density at radius 2 is 2.14 bits per heavy atom. The zero-order valence-electron chi connectivity index (χ0n) is 8.87. The molecule has 0 aromatic rings. The van der Waals surface area contributed by atoms with Gasteiger partial charge in [-0.2, -0.15) is 4.79 Å². The van der Waals surface area contributed by atoms with Crippen LogP contribution in [0.2, 0.25) is 0 Å². The number of nitrogens with zero attached hydrogens (tertiary/aromatic N) is 2. The fraction of sp³-hybridized carbons (Fsp3) is 0.583. The van der Waals surface area contributed by atoms with Crippen LogP contribution in [0.15, 0.2) is 23.8 Å². The highest BCUT2D eigenvalue weighted by Crippen LogP contribution is 2.15. The van der Waals surface area contributed by atoms with Gasteiger partial charge < -0.3 is 5.53 Å². The second-order valence-electron chi connectivity index (χ2n) is 3.72. The highest BCUT2D eigenvalue weighted by Gasteiger charge is 2.07. The van der Waals surface area contributed by atoms with Gasteiger partial charge in [-0.25, -0.2) is 0 Å². The van der Waals surface area contributed by atoms with Crippen molar-refractivity contribution in [1.82, 2.24) is 0 Å². The van der Waals surface area contributed by atoms with Crippen LogP contribution in [0, 0.1) is 0 Å². The maximum absolute atomic E-state index is 8.53. The van der Waals surface area contributed by atoms with Crippen LogP contribution in [-0.2, 0) is 0 Å². The molecule has 76 valence electrons. The first-order valence-corrected chi connectivity index (χ1v) is 5.45. The summed E-state index contributed by atoms with van der Waals surface area (Å²) in [6.07, 6.45) is 13.3. The Hall–Kier alpha value is -1.14. The first-order chi connectivity index (χ1) is 6.86. The van der Waals surface area contributed by atoms with Gasteiger partial charge in [0, 0.05) is 6.08 Å². The maximum Gasteiger partial charge on any atom is 0.295 e. The van der Waals surface area contributed by atoms with Gasteiger partial charge in [-0.1, -0.05) is 43.9 Å². The van der Waals surface area contributed by atoms with Crippen LogP contribution in [0.25, 0.3) is 5.53 Å². The molecule has 0 unspecified atom stereocenters. The van der Waals surface area contributed by atoms with Gasteiger partial charge in [0.1, 0.15) is 0 Å². The van der Waals surface area contributed by atoms with Gasteiger partial charge >= 0.3 is 0 Å². The third-order valence-corrected chi connectivity index (χ3v) is 2.51. The van der Waals surface area contributed by atoms with Crippen LogP contribution in [-0.4, -0.2) is 10.5 Å². The van der Waals surface area contributed by atoms with Crippen molar-refractivity contribution >= 4 is 5.71 Å². The predicted octanol–water partition coefficient (Wildman–Crippen LogP) is 3.51. The van der Waals surface area contributed by atoms with E-state index in [0.29, 0.717) is 0 Å². The highest BCUT2D eigenvalue weighted by molar-refractivity contribution is 5.93. The largest absolute Gasteiger partial charge is 0.361 e. The van der Waals surface area contributed by atoms with Crippen LogP contribution in [0.4, 0.5) is 0 Å². The number of rotatable bonds is 5. The summed E-state index contributed by atoms with van der Waals surface area (Å²) in [5.74, 6) is 0. The van der Waals surface area contributed by atoms with E-state index in [2.05, 4.69) is 23.9 Å². The SMILES string of the molecule is CCCCCCC1=CCC(=[N+]=[N-])C=C1. The molecule has 0 aromatic heterocycles. The quantitative estimate of drug-likeness (QED) is 0.361. The minimum atomic E-state index is 0.752. The summed E-state index contributed by atoms with van der Waals surface area (Å²) in [6.45, 7) is 2.23. The average Bonchev–Trinajstić information content (AvgIpc) is 2.25. The summed E-state index contributed by atoms with van der Waals surface area (Å²) in [7, 11) is 0. The lowest BCUT2D eigenvalue weighted by Gasteiger charge is -2.04. The summed E-state index contributed by atoms with van der Waals surface area (Å²) in [5, 5.41) is 0. The van der Waals surface area contributed by atoms with E-state index in [9.17, 15) is 0 Å². The minimum absolute atomic E-state index is 0.752. The van der Waals surface area contributed by atoms with Crippen molar-refractivity contribution in [2.24, 2.45) is 0 Å². The van der Waals surface area contributed by atoms with E-state index in [4.69, 9.17) is 5.53 Å². The molecule has 2 heteroatoms. The fourth-order valence-electron chi connectivity index (χ4n) is 1.59. The zero-order chi connectivity index (χ0) is 10.2. The Morgan fingerprint density at radius 3 is 2.71 bits per heavy atom. The molecule has 1 aliphatic rings. The van der Waals surface area contributed by atoms with Gasteiger partial charge in [-0.05, 0) is 12.8 Å². The van der Waals surface area contributed by atoms with E-state index < -0.39 is 0 Å². The molecule has 0 aromatic carbocycles. The molecule has 0 aliphatic heterocycles. The fourth-order valence-corrected chi connectivity index (χ4v) is 1.59. The Morgan fingerprint density at radius 1 is 1.29 bits per heavy atom. The van der Waals surface area contributed by atoms with Gasteiger partial charge in [0.05, 0.1) is 6.42 Å². The van der Waals surface area contributed by atoms with Gasteiger partial charge in [-0.15, -0.1) is 0 Å². The number of hydrogen-bond acceptors (Lipinski definition) is 0. The molecule has 1 rings (SSSR count). The minimum Gasteiger partial charge on any atom is -0.361 e. The zero-order valence-corrected chi connectivity index (χ0v) is 8.87. The summed E-state index contributed by atoms with van der Waals surface area (Å²) >= 11 is 0. The van der Waals surface area contributed by atoms with Crippen LogP contribution < -0.4 is 0 Å². The maximum atomic E-state index is 8.53. The van der Waals surface area contributed by atoms with E-state index in [-0.39, 0.29) is 0 Å². The topological polar surface area (TPSA) is 36.4 Å². The summed E-state index contributed by atoms with van der Waals surface area (Å²) in [4.78, 5) is 3.18. The molecular weight excluding hydrogens is 172 g/mol.